The zero-order valence-corrected chi connectivity index (χ0v) is 65.8. The minimum Gasteiger partial charge on any atom is -0.485 e. The smallest absolute Gasteiger partial charge is 0.128 e. The molecule has 1 saturated carbocycles. The summed E-state index contributed by atoms with van der Waals surface area (Å²) in [5.74, 6) is 6.34. The lowest BCUT2D eigenvalue weighted by molar-refractivity contribution is -0.00422. The van der Waals surface area contributed by atoms with Crippen molar-refractivity contribution >= 4 is 51.8 Å². The monoisotopic (exact) mass is 1490 g/mol. The lowest BCUT2D eigenvalue weighted by Crippen LogP contribution is -2.48. The SMILES string of the molecule is C=CC1=CC=C(Oc2ccc(C3(c4ccc(C(C)(C)C)cc4)c4cc(N(c5ccc(F)cc5)c5ccc6cc7c(cc6c5)C5C=c6cc(N(C8=CC9C(C=C8)C8C=CCCC8C9(C8C=CC(Oc9ccc(C=C)cc9)=CC8)C8CC=C(C(C)(C)C)CC8)C8=CC=C(F)CC8)ccc6=CC5O7)ccc4C4C=CC=CC43)cc2)CC1. The predicted octanol–water partition coefficient (Wildman–Crippen LogP) is 25.8. The third-order valence-electron chi connectivity index (χ3n) is 27.3. The Bertz CT molecular complexity index is 5720. The zero-order chi connectivity index (χ0) is 77.1. The van der Waals surface area contributed by atoms with E-state index in [9.17, 15) is 0 Å². The Morgan fingerprint density at radius 2 is 1.29 bits per heavy atom. The highest BCUT2D eigenvalue weighted by molar-refractivity contribution is 5.92. The normalized spacial score (nSPS) is 26.8. The van der Waals surface area contributed by atoms with Gasteiger partial charge in [0.2, 0.25) is 0 Å². The molecule has 7 heteroatoms. The maximum atomic E-state index is 15.4. The second-order valence-electron chi connectivity index (χ2n) is 35.4. The quantitative estimate of drug-likeness (QED) is 0.0901. The molecule has 8 aromatic carbocycles. The number of anilines is 4. The average molecular weight is 1490 g/mol. The number of allylic oxidation sites excluding steroid dienone is 23. The van der Waals surface area contributed by atoms with Gasteiger partial charge >= 0.3 is 0 Å². The third kappa shape index (κ3) is 12.7. The van der Waals surface area contributed by atoms with Crippen LogP contribution in [0.25, 0.3) is 29.0 Å². The van der Waals surface area contributed by atoms with E-state index in [0.717, 1.165) is 134 Å². The summed E-state index contributed by atoms with van der Waals surface area (Å²) < 4.78 is 51.0. The molecule has 10 aliphatic carbocycles. The minimum atomic E-state index is -0.619. The summed E-state index contributed by atoms with van der Waals surface area (Å²) in [7, 11) is 0. The van der Waals surface area contributed by atoms with Gasteiger partial charge in [-0.2, -0.15) is 0 Å². The molecular formula is C106H100F2N2O3. The van der Waals surface area contributed by atoms with Crippen molar-refractivity contribution in [3.63, 3.8) is 0 Å². The molecule has 0 spiro atoms. The fourth-order valence-corrected chi connectivity index (χ4v) is 21.9. The molecule has 5 nitrogen and oxygen atoms in total. The standard InChI is InChI=1S/C106H100F2N2O3/c1-9-67-19-49-87(50-20-67)111-89-53-33-77(34-54-89)105(75-29-25-73(26-30-75)103(3,4)5)97-17-13-11-15-91(97)93-57-47-85(65-99(93)105)109(81-43-37-79(107)38-44-81)83-41-23-69-63-101-95(61-71(69)59-83)96-62-72-60-84(42-24-70(72)64-102(96)113-101)110(82-45-39-80(108)40-46-82)86-48-58-94-92-16-12-14-18-98(92)106(100(94)66-86,76-31-27-74(28-32-76)104(6,7)8)78-35-55-90(56-36-78)112-88-51-21-68(10-2)22-52-88/h9-13,15-17,19,21-27,29-30,33-35,37-39,41-45,47-49,51-66,76,78,91-92,94,96-98,100,102H,1-2,14,18,20,28,31-32,36,40,46,50H2,3-8H3. The van der Waals surface area contributed by atoms with E-state index in [1.165, 1.54) is 46.2 Å². The van der Waals surface area contributed by atoms with Gasteiger partial charge in [0.15, 0.2) is 0 Å². The van der Waals surface area contributed by atoms with E-state index < -0.39 is 5.41 Å². The average Bonchev–Trinajstić information content (AvgIpc) is 1.55. The summed E-state index contributed by atoms with van der Waals surface area (Å²) in [6, 6.07) is 58.7. The number of ether oxygens (including phenoxy) is 3. The van der Waals surface area contributed by atoms with Crippen LogP contribution in [0.5, 0.6) is 17.2 Å². The van der Waals surface area contributed by atoms with Crippen LogP contribution in [0.3, 0.4) is 0 Å². The molecule has 19 rings (SSSR count). The van der Waals surface area contributed by atoms with Gasteiger partial charge in [0, 0.05) is 70.3 Å². The molecule has 0 saturated heterocycles. The second kappa shape index (κ2) is 28.6. The van der Waals surface area contributed by atoms with E-state index in [-0.39, 0.29) is 57.7 Å². The van der Waals surface area contributed by atoms with Crippen LogP contribution in [0, 0.1) is 58.1 Å². The first-order chi connectivity index (χ1) is 54.9. The summed E-state index contributed by atoms with van der Waals surface area (Å²) in [4.78, 5) is 4.78. The van der Waals surface area contributed by atoms with Gasteiger partial charge in [0.25, 0.3) is 0 Å². The first-order valence-electron chi connectivity index (χ1n) is 41.3. The summed E-state index contributed by atoms with van der Waals surface area (Å²) in [6.45, 7) is 22.0. The highest BCUT2D eigenvalue weighted by Gasteiger charge is 2.64. The minimum absolute atomic E-state index is 0.0414. The van der Waals surface area contributed by atoms with Gasteiger partial charge in [-0.15, -0.1) is 0 Å². The van der Waals surface area contributed by atoms with Crippen molar-refractivity contribution < 1.29 is 23.0 Å². The van der Waals surface area contributed by atoms with E-state index in [1.807, 2.05) is 42.5 Å². The van der Waals surface area contributed by atoms with Crippen LogP contribution in [0.15, 0.2) is 326 Å². The molecular weight excluding hydrogens is 1390 g/mol. The number of rotatable bonds is 16. The highest BCUT2D eigenvalue weighted by atomic mass is 19.1. The van der Waals surface area contributed by atoms with Crippen LogP contribution < -0.4 is 34.4 Å². The highest BCUT2D eigenvalue weighted by Crippen LogP contribution is 2.70. The number of halogens is 2. The fourth-order valence-electron chi connectivity index (χ4n) is 21.9. The van der Waals surface area contributed by atoms with Gasteiger partial charge in [-0.1, -0.05) is 212 Å². The van der Waals surface area contributed by atoms with Crippen molar-refractivity contribution in [3.8, 4) is 17.2 Å². The van der Waals surface area contributed by atoms with E-state index in [1.54, 1.807) is 23.8 Å². The molecule has 0 aromatic heterocycles. The molecule has 0 bridgehead atoms. The number of nitrogens with zero attached hydrogens (tertiary/aromatic N) is 2. The maximum absolute atomic E-state index is 15.4. The molecule has 12 unspecified atom stereocenters. The number of hydrogen-bond acceptors (Lipinski definition) is 5. The fraction of sp³-hybridized carbons (Fsp3) is 0.283. The van der Waals surface area contributed by atoms with Gasteiger partial charge < -0.3 is 24.0 Å². The van der Waals surface area contributed by atoms with Gasteiger partial charge in [0.1, 0.15) is 46.5 Å². The summed E-state index contributed by atoms with van der Waals surface area (Å²) in [5, 5.41) is 4.42. The lowest BCUT2D eigenvalue weighted by atomic mass is 9.50. The van der Waals surface area contributed by atoms with Crippen LogP contribution in [-0.4, -0.2) is 6.10 Å². The Hall–Kier alpha value is -11.0. The van der Waals surface area contributed by atoms with Crippen LogP contribution in [0.4, 0.5) is 31.5 Å². The molecule has 1 aliphatic heterocycles. The van der Waals surface area contributed by atoms with Gasteiger partial charge in [-0.3, -0.25) is 0 Å². The summed E-state index contributed by atoms with van der Waals surface area (Å²) in [6.07, 6.45) is 57.3. The van der Waals surface area contributed by atoms with Crippen molar-refractivity contribution in [2.24, 2.45) is 52.3 Å². The first kappa shape index (κ1) is 72.2. The maximum Gasteiger partial charge on any atom is 0.128 e. The van der Waals surface area contributed by atoms with Crippen molar-refractivity contribution in [1.82, 2.24) is 0 Å². The Morgan fingerprint density at radius 3 is 2.02 bits per heavy atom. The van der Waals surface area contributed by atoms with E-state index in [4.69, 9.17) is 14.2 Å². The molecule has 0 amide bonds. The van der Waals surface area contributed by atoms with Gasteiger partial charge in [-0.05, 0) is 303 Å². The van der Waals surface area contributed by atoms with Crippen molar-refractivity contribution in [2.45, 2.75) is 135 Å². The zero-order valence-electron chi connectivity index (χ0n) is 65.8. The molecule has 8 aromatic rings. The Balaban J connectivity index is 0.689. The Kier molecular flexibility index (Phi) is 18.3. The molecule has 566 valence electrons. The summed E-state index contributed by atoms with van der Waals surface area (Å²) >= 11 is 0. The van der Waals surface area contributed by atoms with Crippen LogP contribution in [0.2, 0.25) is 0 Å². The third-order valence-corrected chi connectivity index (χ3v) is 27.3. The molecule has 12 atom stereocenters. The molecule has 1 fully saturated rings. The molecule has 0 radical (unpaired) electrons. The molecule has 11 aliphatic rings. The Morgan fingerprint density at radius 1 is 0.540 bits per heavy atom. The molecule has 1 heterocycles. The number of fused-ring (bicyclic) bond motifs is 11. The van der Waals surface area contributed by atoms with Crippen LogP contribution in [-0.2, 0) is 10.8 Å². The summed E-state index contributed by atoms with van der Waals surface area (Å²) in [5.41, 5.74) is 16.7. The van der Waals surface area contributed by atoms with Gasteiger partial charge in [-0.25, -0.2) is 8.78 Å². The predicted molar refractivity (Wildman–Crippen MR) is 461 cm³/mol. The molecule has 113 heavy (non-hydrogen) atoms. The van der Waals surface area contributed by atoms with E-state index in [2.05, 4.69) is 295 Å². The van der Waals surface area contributed by atoms with Crippen LogP contribution >= 0.6 is 0 Å². The lowest BCUT2D eigenvalue weighted by Gasteiger charge is -2.53. The van der Waals surface area contributed by atoms with Crippen molar-refractivity contribution in [3.05, 3.63) is 381 Å². The van der Waals surface area contributed by atoms with Gasteiger partial charge in [0.05, 0.1) is 5.41 Å². The van der Waals surface area contributed by atoms with Crippen LogP contribution in [0.1, 0.15) is 157 Å². The first-order valence-corrected chi connectivity index (χ1v) is 41.3. The number of benzene rings is 8. The number of hydrogen-bond donors (Lipinski definition) is 0. The molecule has 0 N–H and O–H groups in total. The second-order valence-corrected chi connectivity index (χ2v) is 35.4. The van der Waals surface area contributed by atoms with Crippen molar-refractivity contribution in [1.29, 1.82) is 0 Å². The largest absolute Gasteiger partial charge is 0.485 e. The van der Waals surface area contributed by atoms with Crippen molar-refractivity contribution in [2.75, 3.05) is 9.80 Å². The van der Waals surface area contributed by atoms with E-state index in [0.29, 0.717) is 42.4 Å². The topological polar surface area (TPSA) is 34.2 Å². The van der Waals surface area contributed by atoms with E-state index >= 15 is 8.78 Å². The Labute approximate surface area is 665 Å².